The third kappa shape index (κ3) is 4.89. The first-order valence-electron chi connectivity index (χ1n) is 12.4. The topological polar surface area (TPSA) is 101 Å². The molecule has 0 bridgehead atoms. The monoisotopic (exact) mass is 547 g/mol. The summed E-state index contributed by atoms with van der Waals surface area (Å²) in [5.74, 6) is -0.0326. The van der Waals surface area contributed by atoms with Gasteiger partial charge in [-0.3, -0.25) is 4.99 Å². The molecule has 2 aliphatic rings. The van der Waals surface area contributed by atoms with Crippen molar-refractivity contribution in [1.82, 2.24) is 15.2 Å². The Balaban J connectivity index is 1.32. The molecule has 1 fully saturated rings. The highest BCUT2D eigenvalue weighted by Gasteiger charge is 2.36. The summed E-state index contributed by atoms with van der Waals surface area (Å²) in [5.41, 5.74) is 3.43. The Labute approximate surface area is 227 Å². The van der Waals surface area contributed by atoms with Gasteiger partial charge in [0.1, 0.15) is 0 Å². The van der Waals surface area contributed by atoms with Crippen molar-refractivity contribution in [1.29, 1.82) is 0 Å². The van der Waals surface area contributed by atoms with Gasteiger partial charge in [-0.15, -0.1) is 5.10 Å². The Bertz CT molecular complexity index is 1580. The highest BCUT2D eigenvalue weighted by molar-refractivity contribution is 6.16. The Morgan fingerprint density at radius 1 is 1.07 bits per heavy atom. The van der Waals surface area contributed by atoms with Gasteiger partial charge in [0, 0.05) is 43.2 Å². The number of benzene rings is 2. The minimum atomic E-state index is -4.55. The molecule has 2 N–H and O–H groups in total. The minimum Gasteiger partial charge on any atom is -0.402 e. The van der Waals surface area contributed by atoms with Gasteiger partial charge >= 0.3 is 12.2 Å². The predicted octanol–water partition coefficient (Wildman–Crippen LogP) is 5.20. The molecule has 12 heteroatoms. The lowest BCUT2D eigenvalue weighted by molar-refractivity contribution is -0.137. The van der Waals surface area contributed by atoms with Crippen LogP contribution in [0.1, 0.15) is 16.7 Å². The number of ether oxygens (including phenoxy) is 1. The molecule has 40 heavy (non-hydrogen) atoms. The van der Waals surface area contributed by atoms with E-state index in [2.05, 4.69) is 32.4 Å². The maximum atomic E-state index is 13.4. The van der Waals surface area contributed by atoms with Crippen molar-refractivity contribution in [2.75, 3.05) is 35.7 Å². The van der Waals surface area contributed by atoms with Crippen LogP contribution in [0.3, 0.4) is 0 Å². The SMILES string of the molecule is C=C1Nc2ccccc2C(c2ccccc2)=NC1Nc1nnc(-c2ncc(C(F)(F)F)cc2N2CC(OC)C2)o1. The van der Waals surface area contributed by atoms with E-state index < -0.39 is 17.9 Å². The third-order valence-electron chi connectivity index (χ3n) is 6.72. The molecule has 0 radical (unpaired) electrons. The van der Waals surface area contributed by atoms with Crippen molar-refractivity contribution in [2.24, 2.45) is 4.99 Å². The molecule has 0 spiro atoms. The Hall–Kier alpha value is -4.71. The van der Waals surface area contributed by atoms with Gasteiger partial charge in [0.2, 0.25) is 0 Å². The molecule has 4 aromatic rings. The molecule has 0 amide bonds. The molecule has 0 saturated carbocycles. The molecule has 1 unspecified atom stereocenters. The van der Waals surface area contributed by atoms with Crippen LogP contribution in [0.5, 0.6) is 0 Å². The molecule has 2 aromatic carbocycles. The Morgan fingerprint density at radius 3 is 2.58 bits per heavy atom. The van der Waals surface area contributed by atoms with Crippen molar-refractivity contribution in [3.05, 3.63) is 95.8 Å². The molecule has 6 rings (SSSR count). The molecule has 4 heterocycles. The van der Waals surface area contributed by atoms with Crippen LogP contribution in [0.25, 0.3) is 11.6 Å². The van der Waals surface area contributed by atoms with Crippen LogP contribution in [0.4, 0.5) is 30.6 Å². The number of aliphatic imine (C=N–C) groups is 1. The fraction of sp³-hybridized carbons (Fsp3) is 0.214. The summed E-state index contributed by atoms with van der Waals surface area (Å²) in [6.07, 6.45) is -4.58. The number of para-hydroxylation sites is 1. The van der Waals surface area contributed by atoms with Crippen LogP contribution in [-0.2, 0) is 10.9 Å². The van der Waals surface area contributed by atoms with E-state index in [1.807, 2.05) is 54.6 Å². The van der Waals surface area contributed by atoms with Crippen molar-refractivity contribution in [3.63, 3.8) is 0 Å². The number of rotatable bonds is 6. The summed E-state index contributed by atoms with van der Waals surface area (Å²) < 4.78 is 51.5. The quantitative estimate of drug-likeness (QED) is 0.340. The lowest BCUT2D eigenvalue weighted by atomic mass is 10.0. The van der Waals surface area contributed by atoms with Gasteiger partial charge in [0.25, 0.3) is 5.89 Å². The fourth-order valence-electron chi connectivity index (χ4n) is 4.55. The molecule has 2 aliphatic heterocycles. The number of methoxy groups -OCH3 is 1. The van der Waals surface area contributed by atoms with Crippen molar-refractivity contribution >= 4 is 23.1 Å². The number of halogens is 3. The van der Waals surface area contributed by atoms with Crippen LogP contribution < -0.4 is 15.5 Å². The van der Waals surface area contributed by atoms with Crippen LogP contribution in [0.15, 0.2) is 88.5 Å². The smallest absolute Gasteiger partial charge is 0.402 e. The zero-order chi connectivity index (χ0) is 27.9. The number of hydrogen-bond donors (Lipinski definition) is 2. The lowest BCUT2D eigenvalue weighted by Crippen LogP contribution is -2.52. The van der Waals surface area contributed by atoms with E-state index in [1.165, 1.54) is 0 Å². The van der Waals surface area contributed by atoms with E-state index in [9.17, 15) is 13.2 Å². The fourth-order valence-corrected chi connectivity index (χ4v) is 4.55. The van der Waals surface area contributed by atoms with E-state index in [0.717, 1.165) is 34.8 Å². The number of aromatic nitrogens is 3. The first kappa shape index (κ1) is 25.6. The number of nitrogens with zero attached hydrogens (tertiary/aromatic N) is 5. The van der Waals surface area contributed by atoms with Gasteiger partial charge in [0.05, 0.1) is 28.8 Å². The minimum absolute atomic E-state index is 0.0103. The zero-order valence-electron chi connectivity index (χ0n) is 21.3. The van der Waals surface area contributed by atoms with E-state index >= 15 is 0 Å². The van der Waals surface area contributed by atoms with E-state index in [1.54, 1.807) is 12.0 Å². The van der Waals surface area contributed by atoms with Crippen molar-refractivity contribution in [3.8, 4) is 11.6 Å². The standard InChI is InChI=1S/C28H24F3N7O2/c1-16-25(34-23(17-8-4-3-5-9-17)20-10-6-7-11-21(20)33-16)35-27-37-36-26(40-27)24-22(38-14-19(15-38)39-2)12-18(13-32-24)28(29,30)31/h3-13,19,25,33H,1,14-15H2,2H3,(H,35,37). The largest absolute Gasteiger partial charge is 0.417 e. The predicted molar refractivity (Wildman–Crippen MR) is 144 cm³/mol. The number of anilines is 3. The molecule has 9 nitrogen and oxygen atoms in total. The molecule has 0 aliphatic carbocycles. The summed E-state index contributed by atoms with van der Waals surface area (Å²) in [6.45, 7) is 4.97. The normalized spacial score (nSPS) is 17.4. The van der Waals surface area contributed by atoms with Gasteiger partial charge < -0.3 is 24.7 Å². The summed E-state index contributed by atoms with van der Waals surface area (Å²) in [7, 11) is 1.56. The first-order chi connectivity index (χ1) is 19.3. The van der Waals surface area contributed by atoms with Gasteiger partial charge in [0.15, 0.2) is 11.9 Å². The van der Waals surface area contributed by atoms with Crippen molar-refractivity contribution < 1.29 is 22.3 Å². The number of nitrogens with one attached hydrogen (secondary N) is 2. The van der Waals surface area contributed by atoms with Gasteiger partial charge in [-0.25, -0.2) is 4.98 Å². The number of hydrogen-bond acceptors (Lipinski definition) is 9. The highest BCUT2D eigenvalue weighted by Crippen LogP contribution is 2.38. The van der Waals surface area contributed by atoms with Gasteiger partial charge in [-0.05, 0) is 12.1 Å². The molecule has 204 valence electrons. The summed E-state index contributed by atoms with van der Waals surface area (Å²) >= 11 is 0. The van der Waals surface area contributed by atoms with E-state index in [4.69, 9.17) is 14.1 Å². The van der Waals surface area contributed by atoms with Crippen LogP contribution in [0.2, 0.25) is 0 Å². The van der Waals surface area contributed by atoms with E-state index in [0.29, 0.717) is 18.8 Å². The number of alkyl halides is 3. The van der Waals surface area contributed by atoms with E-state index in [-0.39, 0.29) is 29.4 Å². The first-order valence-corrected chi connectivity index (χ1v) is 12.4. The number of fused-ring (bicyclic) bond motifs is 1. The Morgan fingerprint density at radius 2 is 1.82 bits per heavy atom. The molecular weight excluding hydrogens is 523 g/mol. The maximum absolute atomic E-state index is 13.4. The molecular formula is C28H24F3N7O2. The van der Waals surface area contributed by atoms with Gasteiger partial charge in [-0.2, -0.15) is 13.2 Å². The molecule has 2 aromatic heterocycles. The van der Waals surface area contributed by atoms with Crippen LogP contribution >= 0.6 is 0 Å². The number of pyridine rings is 1. The maximum Gasteiger partial charge on any atom is 0.417 e. The average molecular weight is 548 g/mol. The lowest BCUT2D eigenvalue weighted by Gasteiger charge is -2.40. The second kappa shape index (κ2) is 10.1. The van der Waals surface area contributed by atoms with Crippen LogP contribution in [0, 0.1) is 0 Å². The third-order valence-corrected chi connectivity index (χ3v) is 6.72. The molecule has 1 saturated heterocycles. The highest BCUT2D eigenvalue weighted by atomic mass is 19.4. The summed E-state index contributed by atoms with van der Waals surface area (Å²) in [6, 6.07) is 18.5. The summed E-state index contributed by atoms with van der Waals surface area (Å²) in [5, 5.41) is 14.5. The second-order valence-electron chi connectivity index (χ2n) is 9.35. The summed E-state index contributed by atoms with van der Waals surface area (Å²) in [4.78, 5) is 10.7. The number of benzodiazepines with no additional fused rings is 1. The van der Waals surface area contributed by atoms with Crippen molar-refractivity contribution in [2.45, 2.75) is 18.4 Å². The second-order valence-corrected chi connectivity index (χ2v) is 9.35. The molecule has 1 atom stereocenters. The Kier molecular flexibility index (Phi) is 6.46. The van der Waals surface area contributed by atoms with Crippen LogP contribution in [-0.4, -0.2) is 53.4 Å². The zero-order valence-corrected chi connectivity index (χ0v) is 21.3. The average Bonchev–Trinajstić information content (AvgIpc) is 3.33. The van der Waals surface area contributed by atoms with Gasteiger partial charge in [-0.1, -0.05) is 60.2 Å².